The fourth-order valence-corrected chi connectivity index (χ4v) is 2.68. The number of phenols is 2. The topological polar surface area (TPSA) is 79.2 Å². The number of hydrogen-bond donors (Lipinski definition) is 3. The molecule has 0 bridgehead atoms. The molecule has 5 heteroatoms. The van der Waals surface area contributed by atoms with Crippen LogP contribution in [0.2, 0.25) is 0 Å². The van der Waals surface area contributed by atoms with Gasteiger partial charge in [0.2, 0.25) is 0 Å². The summed E-state index contributed by atoms with van der Waals surface area (Å²) in [6.07, 6.45) is 0.575. The Morgan fingerprint density at radius 1 is 1.39 bits per heavy atom. The average molecular weight is 252 g/mol. The predicted octanol–water partition coefficient (Wildman–Crippen LogP) is 1.48. The summed E-state index contributed by atoms with van der Waals surface area (Å²) in [6, 6.07) is 1.55. The SMILES string of the molecule is Cc1c(O)cc2c(c1O)CO[C@@]1(O)CCCO[C@H]21. The van der Waals surface area contributed by atoms with Crippen molar-refractivity contribution < 1.29 is 24.8 Å². The highest BCUT2D eigenvalue weighted by Crippen LogP contribution is 2.48. The van der Waals surface area contributed by atoms with Gasteiger partial charge in [-0.3, -0.25) is 0 Å². The molecule has 0 saturated carbocycles. The van der Waals surface area contributed by atoms with Gasteiger partial charge in [-0.15, -0.1) is 0 Å². The highest BCUT2D eigenvalue weighted by Gasteiger charge is 2.47. The number of rotatable bonds is 0. The minimum absolute atomic E-state index is 0.00433. The summed E-state index contributed by atoms with van der Waals surface area (Å²) in [6.45, 7) is 2.29. The molecule has 2 aliphatic heterocycles. The van der Waals surface area contributed by atoms with Crippen molar-refractivity contribution in [2.45, 2.75) is 38.3 Å². The number of aliphatic hydroxyl groups is 1. The highest BCUT2D eigenvalue weighted by molar-refractivity contribution is 5.53. The lowest BCUT2D eigenvalue weighted by atomic mass is 9.87. The van der Waals surface area contributed by atoms with E-state index in [0.717, 1.165) is 6.42 Å². The van der Waals surface area contributed by atoms with E-state index >= 15 is 0 Å². The van der Waals surface area contributed by atoms with Gasteiger partial charge in [-0.2, -0.15) is 0 Å². The van der Waals surface area contributed by atoms with Gasteiger partial charge in [0.05, 0.1) is 6.61 Å². The second-order valence-electron chi connectivity index (χ2n) is 4.92. The van der Waals surface area contributed by atoms with Gasteiger partial charge in [-0.25, -0.2) is 0 Å². The van der Waals surface area contributed by atoms with Crippen LogP contribution in [0.5, 0.6) is 11.5 Å². The van der Waals surface area contributed by atoms with Crippen LogP contribution in [0.1, 0.15) is 35.6 Å². The van der Waals surface area contributed by atoms with E-state index in [9.17, 15) is 15.3 Å². The molecule has 0 aliphatic carbocycles. The lowest BCUT2D eigenvalue weighted by molar-refractivity contribution is -0.305. The summed E-state index contributed by atoms with van der Waals surface area (Å²) in [5.74, 6) is -1.33. The second-order valence-corrected chi connectivity index (χ2v) is 4.92. The Morgan fingerprint density at radius 2 is 2.17 bits per heavy atom. The molecular weight excluding hydrogens is 236 g/mol. The summed E-state index contributed by atoms with van der Waals surface area (Å²) < 4.78 is 11.0. The van der Waals surface area contributed by atoms with Crippen LogP contribution < -0.4 is 0 Å². The first-order chi connectivity index (χ1) is 8.53. The lowest BCUT2D eigenvalue weighted by Crippen LogP contribution is -2.46. The number of phenolic OH excluding ortho intramolecular Hbond substituents is 2. The molecule has 18 heavy (non-hydrogen) atoms. The molecule has 1 saturated heterocycles. The molecule has 98 valence electrons. The van der Waals surface area contributed by atoms with Crippen LogP contribution in [0, 0.1) is 6.92 Å². The molecule has 2 atom stereocenters. The van der Waals surface area contributed by atoms with Crippen LogP contribution >= 0.6 is 0 Å². The van der Waals surface area contributed by atoms with Crippen molar-refractivity contribution in [2.24, 2.45) is 0 Å². The zero-order valence-corrected chi connectivity index (χ0v) is 10.1. The van der Waals surface area contributed by atoms with Gasteiger partial charge in [-0.1, -0.05) is 0 Å². The van der Waals surface area contributed by atoms with Crippen LogP contribution in [-0.2, 0) is 16.1 Å². The van der Waals surface area contributed by atoms with E-state index in [2.05, 4.69) is 0 Å². The van der Waals surface area contributed by atoms with Gasteiger partial charge in [0.25, 0.3) is 0 Å². The Hall–Kier alpha value is -1.30. The van der Waals surface area contributed by atoms with Crippen molar-refractivity contribution >= 4 is 0 Å². The largest absolute Gasteiger partial charge is 0.508 e. The van der Waals surface area contributed by atoms with E-state index in [0.29, 0.717) is 29.7 Å². The van der Waals surface area contributed by atoms with Gasteiger partial charge in [0.15, 0.2) is 5.79 Å². The molecule has 2 aliphatic rings. The van der Waals surface area contributed by atoms with Gasteiger partial charge in [0.1, 0.15) is 17.6 Å². The summed E-state index contributed by atoms with van der Waals surface area (Å²) in [4.78, 5) is 0. The first-order valence-corrected chi connectivity index (χ1v) is 6.05. The van der Waals surface area contributed by atoms with Crippen molar-refractivity contribution in [2.75, 3.05) is 6.61 Å². The predicted molar refractivity (Wildman–Crippen MR) is 62.2 cm³/mol. The maximum atomic E-state index is 10.4. The molecule has 0 aromatic heterocycles. The fourth-order valence-electron chi connectivity index (χ4n) is 2.68. The monoisotopic (exact) mass is 252 g/mol. The summed E-state index contributed by atoms with van der Waals surface area (Å²) in [5.41, 5.74) is 1.62. The quantitative estimate of drug-likeness (QED) is 0.651. The zero-order valence-electron chi connectivity index (χ0n) is 10.1. The first kappa shape index (κ1) is 11.8. The summed E-state index contributed by atoms with van der Waals surface area (Å²) in [7, 11) is 0. The standard InChI is InChI=1S/C13H16O5/c1-7-10(14)5-8-9(11(7)15)6-18-13(16)3-2-4-17-12(8)13/h5,12,14-16H,2-4,6H2,1H3/t12-,13+/m1/s1. The Bertz CT molecular complexity index is 499. The normalized spacial score (nSPS) is 30.7. The van der Waals surface area contributed by atoms with Crippen molar-refractivity contribution in [3.05, 3.63) is 22.8 Å². The average Bonchev–Trinajstić information content (AvgIpc) is 2.35. The Balaban J connectivity index is 2.15. The van der Waals surface area contributed by atoms with E-state index < -0.39 is 11.9 Å². The highest BCUT2D eigenvalue weighted by atomic mass is 16.7. The molecule has 3 rings (SSSR count). The lowest BCUT2D eigenvalue weighted by Gasteiger charge is -2.43. The fraction of sp³-hybridized carbons (Fsp3) is 0.538. The number of aromatic hydroxyl groups is 2. The molecule has 1 aromatic rings. The van der Waals surface area contributed by atoms with E-state index in [4.69, 9.17) is 9.47 Å². The molecule has 0 spiro atoms. The summed E-state index contributed by atoms with van der Waals surface area (Å²) >= 11 is 0. The molecule has 2 heterocycles. The third-order valence-electron chi connectivity index (χ3n) is 3.79. The van der Waals surface area contributed by atoms with Crippen molar-refractivity contribution in [1.29, 1.82) is 0 Å². The molecular formula is C13H16O5. The molecule has 0 unspecified atom stereocenters. The molecule has 5 nitrogen and oxygen atoms in total. The maximum Gasteiger partial charge on any atom is 0.196 e. The molecule has 0 radical (unpaired) electrons. The molecule has 1 fully saturated rings. The van der Waals surface area contributed by atoms with Crippen LogP contribution in [0.25, 0.3) is 0 Å². The molecule has 0 amide bonds. The van der Waals surface area contributed by atoms with Gasteiger partial charge < -0.3 is 24.8 Å². The van der Waals surface area contributed by atoms with Gasteiger partial charge >= 0.3 is 0 Å². The van der Waals surface area contributed by atoms with Gasteiger partial charge in [-0.05, 0) is 25.0 Å². The number of fused-ring (bicyclic) bond motifs is 3. The van der Waals surface area contributed by atoms with Crippen molar-refractivity contribution in [1.82, 2.24) is 0 Å². The Kier molecular flexibility index (Phi) is 2.52. The minimum atomic E-state index is -1.35. The molecule has 1 aromatic carbocycles. The van der Waals surface area contributed by atoms with Crippen molar-refractivity contribution in [3.63, 3.8) is 0 Å². The smallest absolute Gasteiger partial charge is 0.196 e. The van der Waals surface area contributed by atoms with Crippen LogP contribution in [0.4, 0.5) is 0 Å². The van der Waals surface area contributed by atoms with Crippen molar-refractivity contribution in [3.8, 4) is 11.5 Å². The van der Waals surface area contributed by atoms with Crippen LogP contribution in [0.15, 0.2) is 6.07 Å². The van der Waals surface area contributed by atoms with Crippen LogP contribution in [-0.4, -0.2) is 27.7 Å². The molecule has 3 N–H and O–H groups in total. The number of ether oxygens (including phenoxy) is 2. The zero-order chi connectivity index (χ0) is 12.9. The Labute approximate surface area is 105 Å². The van der Waals surface area contributed by atoms with E-state index in [1.807, 2.05) is 0 Å². The van der Waals surface area contributed by atoms with Crippen LogP contribution in [0.3, 0.4) is 0 Å². The van der Waals surface area contributed by atoms with E-state index in [1.165, 1.54) is 0 Å². The number of benzene rings is 1. The third kappa shape index (κ3) is 1.51. The second kappa shape index (κ2) is 3.85. The number of hydrogen-bond acceptors (Lipinski definition) is 5. The maximum absolute atomic E-state index is 10.4. The van der Waals surface area contributed by atoms with E-state index in [1.54, 1.807) is 13.0 Å². The van der Waals surface area contributed by atoms with Gasteiger partial charge in [0, 0.05) is 24.2 Å². The van der Waals surface area contributed by atoms with E-state index in [-0.39, 0.29) is 18.1 Å². The third-order valence-corrected chi connectivity index (χ3v) is 3.79. The minimum Gasteiger partial charge on any atom is -0.508 e. The summed E-state index contributed by atoms with van der Waals surface area (Å²) in [5, 5.41) is 30.2. The Morgan fingerprint density at radius 3 is 2.94 bits per heavy atom. The first-order valence-electron chi connectivity index (χ1n) is 6.05.